The molecule has 150 valence electrons. The lowest BCUT2D eigenvalue weighted by Gasteiger charge is -2.26. The number of carbonyl (C=O) groups excluding carboxylic acids is 1. The zero-order valence-corrected chi connectivity index (χ0v) is 16.7. The molecule has 1 saturated heterocycles. The van der Waals surface area contributed by atoms with E-state index in [1.807, 2.05) is 30.3 Å². The molecule has 0 saturated carbocycles. The van der Waals surface area contributed by atoms with E-state index in [0.29, 0.717) is 45.7 Å². The Morgan fingerprint density at radius 3 is 2.25 bits per heavy atom. The van der Waals surface area contributed by atoms with Crippen LogP contribution >= 0.6 is 0 Å². The maximum atomic E-state index is 12.6. The smallest absolute Gasteiger partial charge is 0.243 e. The summed E-state index contributed by atoms with van der Waals surface area (Å²) in [6.45, 7) is 2.23. The van der Waals surface area contributed by atoms with Crippen molar-refractivity contribution >= 4 is 15.9 Å². The number of benzene rings is 2. The molecule has 0 radical (unpaired) electrons. The molecule has 28 heavy (non-hydrogen) atoms. The largest absolute Gasteiger partial charge is 0.379 e. The lowest BCUT2D eigenvalue weighted by Crippen LogP contribution is -2.40. The van der Waals surface area contributed by atoms with Gasteiger partial charge in [0.1, 0.15) is 0 Å². The fourth-order valence-corrected chi connectivity index (χ4v) is 4.51. The second-order valence-electron chi connectivity index (χ2n) is 6.75. The first-order valence-electron chi connectivity index (χ1n) is 9.53. The van der Waals surface area contributed by atoms with Crippen LogP contribution in [-0.2, 0) is 32.4 Å². The molecule has 1 heterocycles. The van der Waals surface area contributed by atoms with Crippen molar-refractivity contribution in [3.8, 4) is 0 Å². The molecule has 0 aliphatic carbocycles. The SMILES string of the molecule is O=C(CCc1ccc(S(=O)(=O)N2CCOCC2)cc1)NCCc1ccccc1. The Kier molecular flexibility index (Phi) is 7.19. The van der Waals surface area contributed by atoms with Crippen LogP contribution in [0.25, 0.3) is 0 Å². The highest BCUT2D eigenvalue weighted by Gasteiger charge is 2.26. The number of morpholine rings is 1. The highest BCUT2D eigenvalue weighted by molar-refractivity contribution is 7.89. The van der Waals surface area contributed by atoms with Gasteiger partial charge < -0.3 is 10.1 Å². The van der Waals surface area contributed by atoms with Gasteiger partial charge in [-0.05, 0) is 36.1 Å². The topological polar surface area (TPSA) is 75.7 Å². The van der Waals surface area contributed by atoms with E-state index in [2.05, 4.69) is 5.32 Å². The third kappa shape index (κ3) is 5.64. The third-order valence-electron chi connectivity index (χ3n) is 4.75. The summed E-state index contributed by atoms with van der Waals surface area (Å²) in [5.74, 6) is 0.000876. The average Bonchev–Trinajstić information content (AvgIpc) is 2.74. The van der Waals surface area contributed by atoms with Crippen LogP contribution in [0.2, 0.25) is 0 Å². The molecule has 0 spiro atoms. The highest BCUT2D eigenvalue weighted by atomic mass is 32.2. The second-order valence-corrected chi connectivity index (χ2v) is 8.68. The Morgan fingerprint density at radius 2 is 1.57 bits per heavy atom. The van der Waals surface area contributed by atoms with Gasteiger partial charge in [0.05, 0.1) is 18.1 Å². The monoisotopic (exact) mass is 402 g/mol. The lowest BCUT2D eigenvalue weighted by molar-refractivity contribution is -0.121. The van der Waals surface area contributed by atoms with E-state index in [9.17, 15) is 13.2 Å². The van der Waals surface area contributed by atoms with E-state index in [1.165, 1.54) is 9.87 Å². The number of ether oxygens (including phenoxy) is 1. The fraction of sp³-hybridized carbons (Fsp3) is 0.381. The molecule has 2 aromatic carbocycles. The Bertz CT molecular complexity index is 861. The van der Waals surface area contributed by atoms with Crippen LogP contribution < -0.4 is 5.32 Å². The van der Waals surface area contributed by atoms with Gasteiger partial charge in [-0.1, -0.05) is 42.5 Å². The van der Waals surface area contributed by atoms with Crippen molar-refractivity contribution in [3.05, 3.63) is 65.7 Å². The van der Waals surface area contributed by atoms with E-state index in [0.717, 1.165) is 12.0 Å². The Labute approximate surface area is 166 Å². The minimum atomic E-state index is -3.47. The van der Waals surface area contributed by atoms with Gasteiger partial charge in [-0.2, -0.15) is 4.31 Å². The first kappa shape index (κ1) is 20.5. The molecular weight excluding hydrogens is 376 g/mol. The van der Waals surface area contributed by atoms with E-state index in [1.54, 1.807) is 24.3 Å². The summed E-state index contributed by atoms with van der Waals surface area (Å²) in [5.41, 5.74) is 2.14. The summed E-state index contributed by atoms with van der Waals surface area (Å²) in [4.78, 5) is 12.3. The number of nitrogens with one attached hydrogen (secondary N) is 1. The molecular formula is C21H26N2O4S. The second kappa shape index (κ2) is 9.82. The predicted octanol–water partition coefficient (Wildman–Crippen LogP) is 2.00. The molecule has 6 nitrogen and oxygen atoms in total. The Morgan fingerprint density at radius 1 is 0.929 bits per heavy atom. The van der Waals surface area contributed by atoms with Crippen LogP contribution in [0.5, 0.6) is 0 Å². The van der Waals surface area contributed by atoms with Gasteiger partial charge in [0, 0.05) is 26.1 Å². The van der Waals surface area contributed by atoms with Gasteiger partial charge in [0.2, 0.25) is 15.9 Å². The van der Waals surface area contributed by atoms with Crippen molar-refractivity contribution < 1.29 is 17.9 Å². The number of rotatable bonds is 8. The Balaban J connectivity index is 1.45. The highest BCUT2D eigenvalue weighted by Crippen LogP contribution is 2.18. The first-order valence-corrected chi connectivity index (χ1v) is 11.0. The number of aryl methyl sites for hydroxylation is 1. The maximum absolute atomic E-state index is 12.6. The molecule has 3 rings (SSSR count). The van der Waals surface area contributed by atoms with Crippen LogP contribution in [0.1, 0.15) is 17.5 Å². The van der Waals surface area contributed by atoms with Gasteiger partial charge in [0.15, 0.2) is 0 Å². The number of hydrogen-bond donors (Lipinski definition) is 1. The number of nitrogens with zero attached hydrogens (tertiary/aromatic N) is 1. The van der Waals surface area contributed by atoms with Crippen LogP contribution in [0.4, 0.5) is 0 Å². The molecule has 0 atom stereocenters. The molecule has 0 unspecified atom stereocenters. The van der Waals surface area contributed by atoms with Gasteiger partial charge in [-0.3, -0.25) is 4.79 Å². The Hall–Kier alpha value is -2.22. The standard InChI is InChI=1S/C21H26N2O4S/c24-21(22-13-12-18-4-2-1-3-5-18)11-8-19-6-9-20(10-7-19)28(25,26)23-14-16-27-17-15-23/h1-7,9-10H,8,11-17H2,(H,22,24). The van der Waals surface area contributed by atoms with Crippen molar-refractivity contribution in [2.24, 2.45) is 0 Å². The number of sulfonamides is 1. The first-order chi connectivity index (χ1) is 13.6. The van der Waals surface area contributed by atoms with Gasteiger partial charge in [-0.15, -0.1) is 0 Å². The van der Waals surface area contributed by atoms with Crippen molar-refractivity contribution in [2.45, 2.75) is 24.2 Å². The number of hydrogen-bond acceptors (Lipinski definition) is 4. The quantitative estimate of drug-likeness (QED) is 0.733. The fourth-order valence-electron chi connectivity index (χ4n) is 3.10. The minimum absolute atomic E-state index is 0.000876. The van der Waals surface area contributed by atoms with Crippen LogP contribution in [0, 0.1) is 0 Å². The molecule has 1 fully saturated rings. The summed E-state index contributed by atoms with van der Waals surface area (Å²) in [6, 6.07) is 16.8. The average molecular weight is 403 g/mol. The van der Waals surface area contributed by atoms with E-state index in [-0.39, 0.29) is 10.8 Å². The summed E-state index contributed by atoms with van der Waals surface area (Å²) in [5, 5.41) is 2.93. The normalized spacial score (nSPS) is 15.3. The summed E-state index contributed by atoms with van der Waals surface area (Å²) >= 11 is 0. The molecule has 1 aliphatic rings. The maximum Gasteiger partial charge on any atom is 0.243 e. The zero-order chi connectivity index (χ0) is 19.8. The zero-order valence-electron chi connectivity index (χ0n) is 15.8. The third-order valence-corrected chi connectivity index (χ3v) is 6.66. The lowest BCUT2D eigenvalue weighted by atomic mass is 10.1. The summed E-state index contributed by atoms with van der Waals surface area (Å²) in [7, 11) is -3.47. The molecule has 2 aromatic rings. The molecule has 1 aliphatic heterocycles. The minimum Gasteiger partial charge on any atom is -0.379 e. The van der Waals surface area contributed by atoms with Crippen molar-refractivity contribution in [1.82, 2.24) is 9.62 Å². The molecule has 0 bridgehead atoms. The molecule has 1 amide bonds. The van der Waals surface area contributed by atoms with Crippen LogP contribution in [0.3, 0.4) is 0 Å². The van der Waals surface area contributed by atoms with Crippen molar-refractivity contribution in [1.29, 1.82) is 0 Å². The van der Waals surface area contributed by atoms with Crippen LogP contribution in [0.15, 0.2) is 59.5 Å². The van der Waals surface area contributed by atoms with E-state index < -0.39 is 10.0 Å². The van der Waals surface area contributed by atoms with Crippen molar-refractivity contribution in [2.75, 3.05) is 32.8 Å². The molecule has 0 aromatic heterocycles. The van der Waals surface area contributed by atoms with Crippen molar-refractivity contribution in [3.63, 3.8) is 0 Å². The van der Waals surface area contributed by atoms with E-state index >= 15 is 0 Å². The number of amides is 1. The summed E-state index contributed by atoms with van der Waals surface area (Å²) < 4.78 is 31.9. The molecule has 1 N–H and O–H groups in total. The summed E-state index contributed by atoms with van der Waals surface area (Å²) in [6.07, 6.45) is 1.76. The van der Waals surface area contributed by atoms with Gasteiger partial charge >= 0.3 is 0 Å². The van der Waals surface area contributed by atoms with E-state index in [4.69, 9.17) is 4.74 Å². The predicted molar refractivity (Wildman–Crippen MR) is 107 cm³/mol. The van der Waals surface area contributed by atoms with Gasteiger partial charge in [-0.25, -0.2) is 8.42 Å². The van der Waals surface area contributed by atoms with Gasteiger partial charge in [0.25, 0.3) is 0 Å². The van der Waals surface area contributed by atoms with Crippen LogP contribution in [-0.4, -0.2) is 51.5 Å². The molecule has 7 heteroatoms. The number of carbonyl (C=O) groups is 1.